The van der Waals surface area contributed by atoms with E-state index in [1.165, 1.54) is 5.56 Å². The van der Waals surface area contributed by atoms with E-state index in [4.69, 9.17) is 0 Å². The van der Waals surface area contributed by atoms with Gasteiger partial charge in [-0.25, -0.2) is 9.97 Å². The molecule has 3 aromatic heterocycles. The van der Waals surface area contributed by atoms with E-state index < -0.39 is 0 Å². The number of nitrogens with one attached hydrogen (secondary N) is 1. The molecule has 0 atom stereocenters. The number of anilines is 1. The predicted octanol–water partition coefficient (Wildman–Crippen LogP) is 2.20. The summed E-state index contributed by atoms with van der Waals surface area (Å²) in [5.41, 5.74) is 2.06. The predicted molar refractivity (Wildman–Crippen MR) is 78.5 cm³/mol. The van der Waals surface area contributed by atoms with Crippen LogP contribution in [0.2, 0.25) is 0 Å². The van der Waals surface area contributed by atoms with Gasteiger partial charge in [-0.1, -0.05) is 0 Å². The van der Waals surface area contributed by atoms with Crippen molar-refractivity contribution in [3.63, 3.8) is 0 Å². The summed E-state index contributed by atoms with van der Waals surface area (Å²) in [6, 6.07) is 2.02. The maximum atomic E-state index is 4.44. The molecule has 0 saturated heterocycles. The topological polar surface area (TPSA) is 62.6 Å². The van der Waals surface area contributed by atoms with Gasteiger partial charge in [-0.15, -0.1) is 0 Å². The molecule has 0 saturated carbocycles. The SMILES string of the molecule is CCN(Cc1cnn(CC)c1)c1ncnc2[nH]ccc12. The summed E-state index contributed by atoms with van der Waals surface area (Å²) in [4.78, 5) is 14.0. The highest BCUT2D eigenvalue weighted by Gasteiger charge is 2.12. The minimum absolute atomic E-state index is 0.799. The van der Waals surface area contributed by atoms with E-state index in [1.54, 1.807) is 6.33 Å². The molecule has 1 N–H and O–H groups in total. The highest BCUT2D eigenvalue weighted by Crippen LogP contribution is 2.23. The maximum Gasteiger partial charge on any atom is 0.142 e. The molecule has 6 heteroatoms. The van der Waals surface area contributed by atoms with E-state index in [1.807, 2.05) is 23.1 Å². The molecule has 0 aromatic carbocycles. The molecular formula is C14H18N6. The van der Waals surface area contributed by atoms with Crippen LogP contribution < -0.4 is 4.90 Å². The molecule has 0 aliphatic rings. The molecule has 3 aromatic rings. The van der Waals surface area contributed by atoms with Crippen molar-refractivity contribution in [1.29, 1.82) is 0 Å². The lowest BCUT2D eigenvalue weighted by molar-refractivity contribution is 0.658. The highest BCUT2D eigenvalue weighted by molar-refractivity contribution is 5.87. The molecule has 0 radical (unpaired) electrons. The second-order valence-electron chi connectivity index (χ2n) is 4.66. The summed E-state index contributed by atoms with van der Waals surface area (Å²) in [7, 11) is 0. The molecule has 20 heavy (non-hydrogen) atoms. The fraction of sp³-hybridized carbons (Fsp3) is 0.357. The van der Waals surface area contributed by atoms with Gasteiger partial charge in [0.05, 0.1) is 11.6 Å². The molecule has 0 fully saturated rings. The van der Waals surface area contributed by atoms with Crippen LogP contribution in [0.3, 0.4) is 0 Å². The van der Waals surface area contributed by atoms with Crippen LogP contribution in [0, 0.1) is 0 Å². The van der Waals surface area contributed by atoms with Crippen LogP contribution in [0.1, 0.15) is 19.4 Å². The van der Waals surface area contributed by atoms with Crippen LogP contribution >= 0.6 is 0 Å². The van der Waals surface area contributed by atoms with Crippen LogP contribution in [-0.2, 0) is 13.1 Å². The Kier molecular flexibility index (Phi) is 3.37. The smallest absolute Gasteiger partial charge is 0.142 e. The molecule has 0 amide bonds. The van der Waals surface area contributed by atoms with E-state index >= 15 is 0 Å². The third kappa shape index (κ3) is 2.24. The average molecular weight is 270 g/mol. The summed E-state index contributed by atoms with van der Waals surface area (Å²) in [5, 5.41) is 5.37. The van der Waals surface area contributed by atoms with E-state index in [9.17, 15) is 0 Å². The van der Waals surface area contributed by atoms with Crippen LogP contribution in [-0.4, -0.2) is 31.3 Å². The maximum absolute atomic E-state index is 4.44. The minimum Gasteiger partial charge on any atom is -0.352 e. The van der Waals surface area contributed by atoms with Gasteiger partial charge in [-0.05, 0) is 19.9 Å². The molecule has 0 aliphatic heterocycles. The lowest BCUT2D eigenvalue weighted by atomic mass is 10.3. The van der Waals surface area contributed by atoms with Crippen LogP contribution in [0.15, 0.2) is 31.0 Å². The van der Waals surface area contributed by atoms with Gasteiger partial charge < -0.3 is 9.88 Å². The number of hydrogen-bond donors (Lipinski definition) is 1. The molecular weight excluding hydrogens is 252 g/mol. The summed E-state index contributed by atoms with van der Waals surface area (Å²) >= 11 is 0. The lowest BCUT2D eigenvalue weighted by Crippen LogP contribution is -2.23. The Morgan fingerprint density at radius 3 is 2.95 bits per heavy atom. The summed E-state index contributed by atoms with van der Waals surface area (Å²) < 4.78 is 1.94. The van der Waals surface area contributed by atoms with Crippen LogP contribution in [0.5, 0.6) is 0 Å². The molecule has 0 aliphatic carbocycles. The van der Waals surface area contributed by atoms with Gasteiger partial charge in [-0.3, -0.25) is 4.68 Å². The monoisotopic (exact) mass is 270 g/mol. The van der Waals surface area contributed by atoms with Crippen molar-refractivity contribution in [2.45, 2.75) is 26.9 Å². The van der Waals surface area contributed by atoms with Crippen molar-refractivity contribution in [3.8, 4) is 0 Å². The van der Waals surface area contributed by atoms with E-state index in [2.05, 4.69) is 45.0 Å². The van der Waals surface area contributed by atoms with Crippen molar-refractivity contribution < 1.29 is 0 Å². The summed E-state index contributed by atoms with van der Waals surface area (Å²) in [6.45, 7) is 6.79. The van der Waals surface area contributed by atoms with Gasteiger partial charge in [-0.2, -0.15) is 5.10 Å². The van der Waals surface area contributed by atoms with Gasteiger partial charge in [0.15, 0.2) is 0 Å². The van der Waals surface area contributed by atoms with E-state index in [-0.39, 0.29) is 0 Å². The molecule has 6 nitrogen and oxygen atoms in total. The summed E-state index contributed by atoms with van der Waals surface area (Å²) in [5.74, 6) is 0.961. The standard InChI is InChI=1S/C14H18N6/c1-3-19(8-11-7-18-20(4-2)9-11)14-12-5-6-15-13(12)16-10-17-14/h5-7,9-10H,3-4,8H2,1-2H3,(H,15,16,17). The van der Waals surface area contributed by atoms with Crippen molar-refractivity contribution in [2.24, 2.45) is 0 Å². The van der Waals surface area contributed by atoms with Gasteiger partial charge in [0, 0.05) is 37.6 Å². The Morgan fingerprint density at radius 1 is 1.30 bits per heavy atom. The molecule has 0 spiro atoms. The zero-order valence-corrected chi connectivity index (χ0v) is 11.7. The fourth-order valence-electron chi connectivity index (χ4n) is 2.33. The number of aryl methyl sites for hydroxylation is 1. The number of aromatic nitrogens is 5. The van der Waals surface area contributed by atoms with Gasteiger partial charge in [0.1, 0.15) is 17.8 Å². The third-order valence-electron chi connectivity index (χ3n) is 3.40. The lowest BCUT2D eigenvalue weighted by Gasteiger charge is -2.21. The second-order valence-corrected chi connectivity index (χ2v) is 4.66. The largest absolute Gasteiger partial charge is 0.352 e. The minimum atomic E-state index is 0.799. The first-order chi connectivity index (χ1) is 9.81. The van der Waals surface area contributed by atoms with Crippen molar-refractivity contribution in [3.05, 3.63) is 36.5 Å². The first kappa shape index (κ1) is 12.7. The number of aromatic amines is 1. The quantitative estimate of drug-likeness (QED) is 0.772. The average Bonchev–Trinajstić information content (AvgIpc) is 3.13. The van der Waals surface area contributed by atoms with Gasteiger partial charge >= 0.3 is 0 Å². The molecule has 3 heterocycles. The van der Waals surface area contributed by atoms with E-state index in [0.29, 0.717) is 0 Å². The van der Waals surface area contributed by atoms with E-state index in [0.717, 1.165) is 36.5 Å². The number of nitrogens with zero attached hydrogens (tertiary/aromatic N) is 5. The zero-order chi connectivity index (χ0) is 13.9. The Hall–Kier alpha value is -2.37. The normalized spacial score (nSPS) is 11.1. The number of fused-ring (bicyclic) bond motifs is 1. The Bertz CT molecular complexity index is 698. The molecule has 3 rings (SSSR count). The number of hydrogen-bond acceptors (Lipinski definition) is 4. The molecule has 0 bridgehead atoms. The zero-order valence-electron chi connectivity index (χ0n) is 11.7. The van der Waals surface area contributed by atoms with Gasteiger partial charge in [0.25, 0.3) is 0 Å². The summed E-state index contributed by atoms with van der Waals surface area (Å²) in [6.07, 6.45) is 7.50. The number of rotatable bonds is 5. The highest BCUT2D eigenvalue weighted by atomic mass is 15.3. The first-order valence-corrected chi connectivity index (χ1v) is 6.86. The Balaban J connectivity index is 1.91. The first-order valence-electron chi connectivity index (χ1n) is 6.86. The van der Waals surface area contributed by atoms with Crippen molar-refractivity contribution in [1.82, 2.24) is 24.7 Å². The number of H-pyrrole nitrogens is 1. The van der Waals surface area contributed by atoms with Gasteiger partial charge in [0.2, 0.25) is 0 Å². The van der Waals surface area contributed by atoms with Crippen LogP contribution in [0.25, 0.3) is 11.0 Å². The van der Waals surface area contributed by atoms with Crippen molar-refractivity contribution in [2.75, 3.05) is 11.4 Å². The molecule has 0 unspecified atom stereocenters. The second kappa shape index (κ2) is 5.32. The fourth-order valence-corrected chi connectivity index (χ4v) is 2.33. The van der Waals surface area contributed by atoms with Crippen LogP contribution in [0.4, 0.5) is 5.82 Å². The third-order valence-corrected chi connectivity index (χ3v) is 3.40. The molecule has 104 valence electrons. The Morgan fingerprint density at radius 2 is 2.20 bits per heavy atom. The Labute approximate surface area is 117 Å². The van der Waals surface area contributed by atoms with Crippen molar-refractivity contribution >= 4 is 16.9 Å².